The zero-order chi connectivity index (χ0) is 92.4. The van der Waals surface area contributed by atoms with Crippen LogP contribution in [-0.2, 0) is 0 Å². The summed E-state index contributed by atoms with van der Waals surface area (Å²) >= 11 is 8.89. The number of nitrogens with zero attached hydrogens (tertiary/aromatic N) is 12. The van der Waals surface area contributed by atoms with Gasteiger partial charge in [0.15, 0.2) is 0 Å². The third kappa shape index (κ3) is 12.8. The maximum absolute atomic E-state index is 4.74. The van der Waals surface area contributed by atoms with Crippen molar-refractivity contribution in [1.82, 2.24) is 58.1 Å². The Bertz CT molecular complexity index is 10700. The summed E-state index contributed by atoms with van der Waals surface area (Å²) in [4.78, 5) is 36.0. The molecular weight excluding hydrogens is 1820 g/mol. The van der Waals surface area contributed by atoms with Crippen molar-refractivity contribution in [3.63, 3.8) is 0 Å². The summed E-state index contributed by atoms with van der Waals surface area (Å²) in [6, 6.07) is 140. The van der Waals surface area contributed by atoms with Gasteiger partial charge in [0, 0.05) is 141 Å². The van der Waals surface area contributed by atoms with Crippen LogP contribution in [0.1, 0.15) is 0 Å². The maximum Gasteiger partial charge on any atom is 0.116 e. The molecule has 0 spiro atoms. The SMILES string of the molecule is c1ccc(-c2cc(-c3ccccc3)cc(-n3c4ccccc4c4ccc5sc6cncnc6c5c43)c2)cc1.c1ccc(-c2ccc(-n3c4ccccc4c4ccc5sc6cncnc6c5c43)cc2)cc1.c1ccc2c(c1)c1ccccc1c1cc(-n3c4ccccc4c4ccc5sc6cncnc6c5c43)ccc21.c1ccc2c(c1)sc1c(-n3c4ccccc4c4ccc5sc6cncnc6c5c43)cccc12. The molecule has 0 atom stereocenters. The third-order valence-corrected chi connectivity index (χ3v) is 33.5. The molecule has 12 nitrogen and oxygen atoms in total. The van der Waals surface area contributed by atoms with E-state index in [2.05, 4.69) is 431 Å². The molecule has 0 saturated carbocycles. The summed E-state index contributed by atoms with van der Waals surface area (Å²) in [5.74, 6) is 0. The van der Waals surface area contributed by atoms with Gasteiger partial charge in [0.05, 0.1) is 95.4 Å². The van der Waals surface area contributed by atoms with Gasteiger partial charge >= 0.3 is 0 Å². The summed E-state index contributed by atoms with van der Waals surface area (Å²) in [6.45, 7) is 0. The lowest BCUT2D eigenvalue weighted by Crippen LogP contribution is -1.96. The standard InChI is InChI=1S/C34H19N3S.C34H21N3S.C28H15N3S2.C28H17N3S/c1-2-9-23-21(7-1)22-8-3-4-10-24(22)28-17-20(13-14-25(23)28)37-29-12-6-5-11-26(29)27-15-16-30-32(34(27)37)33-31(38-30)18-35-19-36-33;1-3-9-22(10-4-1)24-17-25(23-11-5-2-6-12-23)19-26(18-24)37-29-14-8-7-13-27(29)28-15-16-30-32(34(28)37)33-31(38-30)20-35-21-36-33;1-3-9-20-16(6-1)18-12-13-23-25(26-24(32-23)14-29-15-30-26)27(18)31(20)21-10-5-8-19-17-7-2-4-11-22(17)33-28(19)21;1-2-6-18(7-3-1)19-10-12-20(13-11-19)31-23-9-5-4-8-21(23)22-14-15-24-26(28(22)31)27-25(32-24)16-29-17-30-27/h1-19H;1-21H;1-15H;1-17H. The van der Waals surface area contributed by atoms with Crippen LogP contribution in [0.3, 0.4) is 0 Å². The Balaban J connectivity index is 0.0000000903. The molecular formula is C124H72N12S5. The lowest BCUT2D eigenvalue weighted by molar-refractivity contribution is 1.19. The highest BCUT2D eigenvalue weighted by atomic mass is 32.1. The van der Waals surface area contributed by atoms with E-state index in [-0.39, 0.29) is 0 Å². The predicted molar refractivity (Wildman–Crippen MR) is 599 cm³/mol. The summed E-state index contributed by atoms with van der Waals surface area (Å²) in [6.07, 6.45) is 14.3. The minimum Gasteiger partial charge on any atom is -0.309 e. The predicted octanol–water partition coefficient (Wildman–Crippen LogP) is 34.6. The molecule has 0 fully saturated rings. The highest BCUT2D eigenvalue weighted by molar-refractivity contribution is 7.27. The largest absolute Gasteiger partial charge is 0.309 e. The van der Waals surface area contributed by atoms with Crippen LogP contribution in [-0.4, -0.2) is 58.1 Å². The molecule has 0 saturated heterocycles. The maximum atomic E-state index is 4.74. The first-order chi connectivity index (χ1) is 70.0. The van der Waals surface area contributed by atoms with E-state index in [1.165, 1.54) is 219 Å². The van der Waals surface area contributed by atoms with Gasteiger partial charge in [0.1, 0.15) is 25.3 Å². The molecule has 0 bridgehead atoms. The van der Waals surface area contributed by atoms with E-state index >= 15 is 0 Å². The summed E-state index contributed by atoms with van der Waals surface area (Å²) < 4.78 is 21.7. The van der Waals surface area contributed by atoms with Crippen molar-refractivity contribution in [2.45, 2.75) is 0 Å². The Labute approximate surface area is 823 Å². The molecule has 0 amide bonds. The highest BCUT2D eigenvalue weighted by Gasteiger charge is 2.27. The van der Waals surface area contributed by atoms with E-state index in [0.29, 0.717) is 0 Å². The second kappa shape index (κ2) is 32.6. The van der Waals surface area contributed by atoms with Gasteiger partial charge in [0.25, 0.3) is 0 Å². The van der Waals surface area contributed by atoms with Crippen LogP contribution in [0.2, 0.25) is 0 Å². The Morgan fingerprint density at radius 2 is 0.475 bits per heavy atom. The Morgan fingerprint density at radius 1 is 0.170 bits per heavy atom. The fourth-order valence-corrected chi connectivity index (χ4v) is 27.3. The van der Waals surface area contributed by atoms with Gasteiger partial charge in [-0.2, -0.15) is 0 Å². The van der Waals surface area contributed by atoms with Crippen molar-refractivity contribution < 1.29 is 0 Å². The molecule has 13 aromatic heterocycles. The first kappa shape index (κ1) is 80.8. The average Bonchev–Trinajstić information content (AvgIpc) is 1.57. The molecule has 658 valence electrons. The van der Waals surface area contributed by atoms with E-state index in [1.54, 1.807) is 70.7 Å². The summed E-state index contributed by atoms with van der Waals surface area (Å²) in [5.41, 5.74) is 25.6. The zero-order valence-electron chi connectivity index (χ0n) is 75.0. The van der Waals surface area contributed by atoms with Crippen LogP contribution in [0.15, 0.2) is 438 Å². The summed E-state index contributed by atoms with van der Waals surface area (Å²) in [5, 5.41) is 25.1. The normalized spacial score (nSPS) is 12.0. The van der Waals surface area contributed by atoms with Gasteiger partial charge in [-0.1, -0.05) is 285 Å². The number of thiophene rings is 5. The van der Waals surface area contributed by atoms with Gasteiger partial charge in [-0.05, 0) is 169 Å². The van der Waals surface area contributed by atoms with Gasteiger partial charge in [0.2, 0.25) is 0 Å². The lowest BCUT2D eigenvalue weighted by Gasteiger charge is -2.14. The zero-order valence-corrected chi connectivity index (χ0v) is 79.1. The van der Waals surface area contributed by atoms with Crippen molar-refractivity contribution >= 4 is 278 Å². The quantitative estimate of drug-likeness (QED) is 0.145. The topological polar surface area (TPSA) is 123 Å². The van der Waals surface area contributed by atoms with Gasteiger partial charge in [-0.3, -0.25) is 0 Å². The number of hydrogen-bond donors (Lipinski definition) is 0. The van der Waals surface area contributed by atoms with Gasteiger partial charge in [-0.25, -0.2) is 39.9 Å². The molecule has 13 heterocycles. The molecule has 32 aromatic rings. The lowest BCUT2D eigenvalue weighted by atomic mass is 9.94. The molecule has 17 heteroatoms. The van der Waals surface area contributed by atoms with Crippen molar-refractivity contribution in [3.8, 4) is 56.1 Å². The van der Waals surface area contributed by atoms with Crippen LogP contribution in [0.25, 0.3) is 277 Å². The first-order valence-electron chi connectivity index (χ1n) is 46.8. The van der Waals surface area contributed by atoms with Crippen molar-refractivity contribution in [1.29, 1.82) is 0 Å². The first-order valence-corrected chi connectivity index (χ1v) is 50.9. The van der Waals surface area contributed by atoms with E-state index in [1.807, 2.05) is 36.1 Å². The van der Waals surface area contributed by atoms with E-state index in [9.17, 15) is 0 Å². The van der Waals surface area contributed by atoms with Crippen LogP contribution in [0, 0.1) is 0 Å². The van der Waals surface area contributed by atoms with Gasteiger partial charge < -0.3 is 18.3 Å². The molecule has 0 aliphatic heterocycles. The molecule has 0 N–H and O–H groups in total. The monoisotopic (exact) mass is 1890 g/mol. The number of aromatic nitrogens is 12. The Kier molecular flexibility index (Phi) is 18.7. The second-order valence-electron chi connectivity index (χ2n) is 35.6. The minimum absolute atomic E-state index is 1.01. The average molecular weight is 1890 g/mol. The fourth-order valence-electron chi connectivity index (χ4n) is 22.0. The second-order valence-corrected chi connectivity index (χ2v) is 41.0. The molecule has 0 aliphatic carbocycles. The Morgan fingerprint density at radius 3 is 0.894 bits per heavy atom. The summed E-state index contributed by atoms with van der Waals surface area (Å²) in [7, 11) is 0. The number of para-hydroxylation sites is 4. The van der Waals surface area contributed by atoms with E-state index in [0.717, 1.165) is 57.9 Å². The van der Waals surface area contributed by atoms with E-state index in [4.69, 9.17) is 15.0 Å². The van der Waals surface area contributed by atoms with Crippen LogP contribution >= 0.6 is 56.7 Å². The third-order valence-electron chi connectivity index (χ3n) is 28.0. The number of fused-ring (bicyclic) bond motifs is 37. The van der Waals surface area contributed by atoms with Gasteiger partial charge in [-0.15, -0.1) is 56.7 Å². The van der Waals surface area contributed by atoms with Crippen molar-refractivity contribution in [2.24, 2.45) is 0 Å². The molecule has 0 radical (unpaired) electrons. The molecule has 0 unspecified atom stereocenters. The molecule has 141 heavy (non-hydrogen) atoms. The minimum atomic E-state index is 1.01. The van der Waals surface area contributed by atoms with Crippen molar-refractivity contribution in [3.05, 3.63) is 438 Å². The number of rotatable bonds is 7. The number of benzene rings is 19. The van der Waals surface area contributed by atoms with Crippen molar-refractivity contribution in [2.75, 3.05) is 0 Å². The van der Waals surface area contributed by atoms with Crippen LogP contribution < -0.4 is 0 Å². The molecule has 19 aromatic carbocycles. The number of hydrogen-bond acceptors (Lipinski definition) is 13. The highest BCUT2D eigenvalue weighted by Crippen LogP contribution is 2.51. The van der Waals surface area contributed by atoms with Crippen LogP contribution in [0.5, 0.6) is 0 Å². The van der Waals surface area contributed by atoms with E-state index < -0.39 is 0 Å². The van der Waals surface area contributed by atoms with Crippen LogP contribution in [0.4, 0.5) is 0 Å². The molecule has 0 aliphatic rings. The molecule has 32 rings (SSSR count). The Hall–Kier alpha value is -17.4. The fraction of sp³-hybridized carbons (Fsp3) is 0. The smallest absolute Gasteiger partial charge is 0.116 e.